The fourth-order valence-electron chi connectivity index (χ4n) is 1.58. The van der Waals surface area contributed by atoms with Gasteiger partial charge < -0.3 is 10.7 Å². The summed E-state index contributed by atoms with van der Waals surface area (Å²) in [5, 5.41) is 1.37. The Morgan fingerprint density at radius 1 is 1.43 bits per heavy atom. The van der Waals surface area contributed by atoms with Crippen molar-refractivity contribution >= 4 is 22.5 Å². The molecule has 0 unspecified atom stereocenters. The van der Waals surface area contributed by atoms with Gasteiger partial charge in [-0.1, -0.05) is 11.6 Å². The summed E-state index contributed by atoms with van der Waals surface area (Å²) in [7, 11) is 0. The van der Waals surface area contributed by atoms with Gasteiger partial charge in [0.25, 0.3) is 0 Å². The molecule has 1 heterocycles. The standard InChI is InChI=1S/C10H10ClFN2/c11-10-7(3-4-13)8-5-6(12)1-2-9(8)14-10/h1-2,5,14H,3-4,13H2. The fourth-order valence-corrected chi connectivity index (χ4v) is 1.87. The Bertz CT molecular complexity index is 464. The Balaban J connectivity index is 2.66. The smallest absolute Gasteiger partial charge is 0.123 e. The molecule has 0 atom stereocenters. The Morgan fingerprint density at radius 3 is 2.93 bits per heavy atom. The fraction of sp³-hybridized carbons (Fsp3) is 0.200. The monoisotopic (exact) mass is 212 g/mol. The van der Waals surface area contributed by atoms with E-state index in [1.807, 2.05) is 0 Å². The van der Waals surface area contributed by atoms with Gasteiger partial charge >= 0.3 is 0 Å². The first kappa shape index (κ1) is 9.49. The molecule has 74 valence electrons. The molecular weight excluding hydrogens is 203 g/mol. The van der Waals surface area contributed by atoms with Crippen molar-refractivity contribution < 1.29 is 4.39 Å². The number of benzene rings is 1. The van der Waals surface area contributed by atoms with E-state index in [1.165, 1.54) is 12.1 Å². The molecule has 2 rings (SSSR count). The molecule has 14 heavy (non-hydrogen) atoms. The van der Waals surface area contributed by atoms with Crippen LogP contribution in [0.5, 0.6) is 0 Å². The van der Waals surface area contributed by atoms with Crippen molar-refractivity contribution in [1.29, 1.82) is 0 Å². The van der Waals surface area contributed by atoms with Gasteiger partial charge in [0.15, 0.2) is 0 Å². The molecule has 3 N–H and O–H groups in total. The second kappa shape index (κ2) is 3.59. The van der Waals surface area contributed by atoms with Crippen LogP contribution in [0.3, 0.4) is 0 Å². The number of hydrogen-bond acceptors (Lipinski definition) is 1. The number of halogens is 2. The van der Waals surface area contributed by atoms with Crippen LogP contribution in [0, 0.1) is 5.82 Å². The zero-order chi connectivity index (χ0) is 10.1. The number of nitrogens with one attached hydrogen (secondary N) is 1. The molecule has 0 saturated heterocycles. The van der Waals surface area contributed by atoms with Crippen LogP contribution in [0.15, 0.2) is 18.2 Å². The minimum atomic E-state index is -0.258. The molecule has 0 amide bonds. The molecule has 2 nitrogen and oxygen atoms in total. The molecule has 4 heteroatoms. The van der Waals surface area contributed by atoms with Gasteiger partial charge in [0.1, 0.15) is 11.0 Å². The molecule has 0 aliphatic heterocycles. The van der Waals surface area contributed by atoms with Crippen molar-refractivity contribution in [2.75, 3.05) is 6.54 Å². The van der Waals surface area contributed by atoms with E-state index in [0.717, 1.165) is 16.5 Å². The first-order valence-corrected chi connectivity index (χ1v) is 4.76. The summed E-state index contributed by atoms with van der Waals surface area (Å²) < 4.78 is 13.0. The van der Waals surface area contributed by atoms with E-state index in [1.54, 1.807) is 6.07 Å². The zero-order valence-corrected chi connectivity index (χ0v) is 8.24. The van der Waals surface area contributed by atoms with Gasteiger partial charge in [-0.3, -0.25) is 0 Å². The van der Waals surface area contributed by atoms with Gasteiger partial charge in [-0.15, -0.1) is 0 Å². The highest BCUT2D eigenvalue weighted by molar-refractivity contribution is 6.31. The van der Waals surface area contributed by atoms with Crippen LogP contribution in [0.25, 0.3) is 10.9 Å². The minimum Gasteiger partial charge on any atom is -0.345 e. The number of H-pyrrole nitrogens is 1. The molecule has 0 saturated carbocycles. The molecule has 0 aliphatic carbocycles. The number of hydrogen-bond donors (Lipinski definition) is 2. The van der Waals surface area contributed by atoms with Crippen molar-refractivity contribution in [3.63, 3.8) is 0 Å². The van der Waals surface area contributed by atoms with Gasteiger partial charge in [0.05, 0.1) is 0 Å². The summed E-state index contributed by atoms with van der Waals surface area (Å²) in [6.45, 7) is 0.503. The third-order valence-corrected chi connectivity index (χ3v) is 2.53. The van der Waals surface area contributed by atoms with Crippen molar-refractivity contribution in [1.82, 2.24) is 4.98 Å². The maximum atomic E-state index is 13.0. The lowest BCUT2D eigenvalue weighted by Crippen LogP contribution is -2.02. The molecular formula is C10H10ClFN2. The van der Waals surface area contributed by atoms with E-state index >= 15 is 0 Å². The predicted molar refractivity (Wildman–Crippen MR) is 56.0 cm³/mol. The largest absolute Gasteiger partial charge is 0.345 e. The highest BCUT2D eigenvalue weighted by Crippen LogP contribution is 2.26. The normalized spacial score (nSPS) is 11.1. The maximum absolute atomic E-state index is 13.0. The van der Waals surface area contributed by atoms with Crippen molar-refractivity contribution in [2.24, 2.45) is 5.73 Å². The Labute approximate surface area is 85.9 Å². The number of nitrogens with two attached hydrogens (primary N) is 1. The Kier molecular flexibility index (Phi) is 2.44. The summed E-state index contributed by atoms with van der Waals surface area (Å²) >= 11 is 5.97. The third kappa shape index (κ3) is 1.49. The van der Waals surface area contributed by atoms with E-state index in [9.17, 15) is 4.39 Å². The SMILES string of the molecule is NCCc1c(Cl)[nH]c2ccc(F)cc12. The molecule has 1 aromatic carbocycles. The second-order valence-corrected chi connectivity index (χ2v) is 3.52. The molecule has 0 spiro atoms. The zero-order valence-electron chi connectivity index (χ0n) is 7.48. The predicted octanol–water partition coefficient (Wildman–Crippen LogP) is 2.46. The topological polar surface area (TPSA) is 41.8 Å². The van der Waals surface area contributed by atoms with Crippen LogP contribution >= 0.6 is 11.6 Å². The highest BCUT2D eigenvalue weighted by Gasteiger charge is 2.09. The lowest BCUT2D eigenvalue weighted by atomic mass is 10.1. The van der Waals surface area contributed by atoms with Crippen LogP contribution in [0.4, 0.5) is 4.39 Å². The summed E-state index contributed by atoms with van der Waals surface area (Å²) in [6.07, 6.45) is 0.655. The molecule has 1 aromatic heterocycles. The van der Waals surface area contributed by atoms with E-state index in [4.69, 9.17) is 17.3 Å². The maximum Gasteiger partial charge on any atom is 0.123 e. The number of aromatic amines is 1. The number of rotatable bonds is 2. The molecule has 0 fully saturated rings. The van der Waals surface area contributed by atoms with Crippen LogP contribution in [0.1, 0.15) is 5.56 Å². The molecule has 0 radical (unpaired) electrons. The van der Waals surface area contributed by atoms with Gasteiger partial charge in [0.2, 0.25) is 0 Å². The van der Waals surface area contributed by atoms with E-state index in [0.29, 0.717) is 18.1 Å². The second-order valence-electron chi connectivity index (χ2n) is 3.15. The quantitative estimate of drug-likeness (QED) is 0.789. The first-order valence-electron chi connectivity index (χ1n) is 4.38. The third-order valence-electron chi connectivity index (χ3n) is 2.21. The lowest BCUT2D eigenvalue weighted by Gasteiger charge is -1.96. The van der Waals surface area contributed by atoms with E-state index in [-0.39, 0.29) is 5.82 Å². The molecule has 0 aliphatic rings. The summed E-state index contributed by atoms with van der Waals surface area (Å²) in [5.74, 6) is -0.258. The van der Waals surface area contributed by atoms with Gasteiger partial charge in [-0.25, -0.2) is 4.39 Å². The van der Waals surface area contributed by atoms with E-state index < -0.39 is 0 Å². The van der Waals surface area contributed by atoms with Crippen LogP contribution in [-0.4, -0.2) is 11.5 Å². The van der Waals surface area contributed by atoms with Gasteiger partial charge in [-0.2, -0.15) is 0 Å². The summed E-state index contributed by atoms with van der Waals surface area (Å²) in [4.78, 5) is 2.98. The van der Waals surface area contributed by atoms with Crippen molar-refractivity contribution in [2.45, 2.75) is 6.42 Å². The first-order chi connectivity index (χ1) is 6.72. The minimum absolute atomic E-state index is 0.258. The van der Waals surface area contributed by atoms with Crippen LogP contribution < -0.4 is 5.73 Å². The van der Waals surface area contributed by atoms with Crippen molar-refractivity contribution in [3.8, 4) is 0 Å². The summed E-state index contributed by atoms with van der Waals surface area (Å²) in [6, 6.07) is 4.56. The average Bonchev–Trinajstić information content (AvgIpc) is 2.45. The van der Waals surface area contributed by atoms with Crippen molar-refractivity contribution in [3.05, 3.63) is 34.7 Å². The Hall–Kier alpha value is -1.06. The Morgan fingerprint density at radius 2 is 2.21 bits per heavy atom. The van der Waals surface area contributed by atoms with E-state index in [2.05, 4.69) is 4.98 Å². The molecule has 0 bridgehead atoms. The van der Waals surface area contributed by atoms with Crippen LogP contribution in [0.2, 0.25) is 5.15 Å². The average molecular weight is 213 g/mol. The highest BCUT2D eigenvalue weighted by atomic mass is 35.5. The number of aromatic nitrogens is 1. The summed E-state index contributed by atoms with van der Waals surface area (Å²) in [5.41, 5.74) is 7.19. The van der Waals surface area contributed by atoms with Gasteiger partial charge in [0, 0.05) is 10.9 Å². The van der Waals surface area contributed by atoms with Gasteiger partial charge in [-0.05, 0) is 36.7 Å². The number of fused-ring (bicyclic) bond motifs is 1. The van der Waals surface area contributed by atoms with Crippen LogP contribution in [-0.2, 0) is 6.42 Å². The molecule has 2 aromatic rings. The lowest BCUT2D eigenvalue weighted by molar-refractivity contribution is 0.629.